The van der Waals surface area contributed by atoms with Crippen LogP contribution in [0.1, 0.15) is 25.0 Å². The zero-order chi connectivity index (χ0) is 12.4. The first kappa shape index (κ1) is 11.6. The maximum Gasteiger partial charge on any atom is 0.326 e. The van der Waals surface area contributed by atoms with Crippen molar-refractivity contribution in [3.05, 3.63) is 35.4 Å². The van der Waals surface area contributed by atoms with Crippen molar-refractivity contribution in [3.63, 3.8) is 0 Å². The van der Waals surface area contributed by atoms with E-state index in [1.165, 1.54) is 0 Å². The van der Waals surface area contributed by atoms with Crippen molar-refractivity contribution in [3.8, 4) is 0 Å². The smallest absolute Gasteiger partial charge is 0.326 e. The van der Waals surface area contributed by atoms with E-state index in [-0.39, 0.29) is 5.92 Å². The van der Waals surface area contributed by atoms with E-state index >= 15 is 0 Å². The van der Waals surface area contributed by atoms with Gasteiger partial charge in [-0.1, -0.05) is 38.1 Å². The van der Waals surface area contributed by atoms with Crippen molar-refractivity contribution in [1.82, 2.24) is 5.32 Å². The number of nitrogens with one attached hydrogen (secondary N) is 1. The van der Waals surface area contributed by atoms with E-state index in [1.54, 1.807) is 0 Å². The van der Waals surface area contributed by atoms with E-state index in [0.29, 0.717) is 12.4 Å². The van der Waals surface area contributed by atoms with Gasteiger partial charge in [0.1, 0.15) is 11.9 Å². The molecule has 0 saturated heterocycles. The average Bonchev–Trinajstić information content (AvgIpc) is 2.68. The van der Waals surface area contributed by atoms with Gasteiger partial charge in [0.05, 0.1) is 6.54 Å². The molecule has 0 unspecified atom stereocenters. The van der Waals surface area contributed by atoms with Gasteiger partial charge in [-0.15, -0.1) is 0 Å². The quantitative estimate of drug-likeness (QED) is 0.833. The molecular weight excluding hydrogens is 216 g/mol. The Bertz CT molecular complexity index is 466. The molecule has 0 bridgehead atoms. The molecule has 1 heterocycles. The number of rotatable bonds is 3. The van der Waals surface area contributed by atoms with Gasteiger partial charge in [-0.25, -0.2) is 4.79 Å². The van der Waals surface area contributed by atoms with Crippen molar-refractivity contribution in [2.45, 2.75) is 26.4 Å². The van der Waals surface area contributed by atoms with Crippen LogP contribution in [0.5, 0.6) is 0 Å². The van der Waals surface area contributed by atoms with E-state index in [0.717, 1.165) is 11.1 Å². The standard InChI is InChI=1S/C13H16N2O2/c1-8(2)11(13(16)17)15-12-10-6-4-3-5-9(10)7-14-12/h3-6,8,11H,7H2,1-2H3,(H,14,15)(H,16,17)/t11-/m1/s1. The molecule has 1 atom stereocenters. The minimum Gasteiger partial charge on any atom is -0.480 e. The molecule has 4 heteroatoms. The van der Waals surface area contributed by atoms with Gasteiger partial charge in [0.25, 0.3) is 0 Å². The number of carboxylic acid groups (broad SMARTS) is 1. The monoisotopic (exact) mass is 232 g/mol. The topological polar surface area (TPSA) is 61.7 Å². The van der Waals surface area contributed by atoms with Gasteiger partial charge in [0, 0.05) is 5.56 Å². The zero-order valence-electron chi connectivity index (χ0n) is 9.97. The summed E-state index contributed by atoms with van der Waals surface area (Å²) in [6.07, 6.45) is 0. The Labute approximate surface area is 100 Å². The van der Waals surface area contributed by atoms with E-state index in [9.17, 15) is 4.79 Å². The summed E-state index contributed by atoms with van der Waals surface area (Å²) < 4.78 is 0. The highest BCUT2D eigenvalue weighted by molar-refractivity contribution is 6.03. The van der Waals surface area contributed by atoms with Crippen molar-refractivity contribution in [2.75, 3.05) is 0 Å². The number of amidine groups is 1. The third-order valence-electron chi connectivity index (χ3n) is 2.90. The lowest BCUT2D eigenvalue weighted by Gasteiger charge is -2.19. The number of fused-ring (bicyclic) bond motifs is 1. The number of benzene rings is 1. The van der Waals surface area contributed by atoms with Crippen LogP contribution >= 0.6 is 0 Å². The first-order valence-corrected chi connectivity index (χ1v) is 5.71. The molecule has 0 fully saturated rings. The first-order chi connectivity index (χ1) is 8.09. The van der Waals surface area contributed by atoms with Gasteiger partial charge < -0.3 is 10.4 Å². The molecule has 0 aliphatic carbocycles. The summed E-state index contributed by atoms with van der Waals surface area (Å²) >= 11 is 0. The van der Waals surface area contributed by atoms with E-state index in [2.05, 4.69) is 10.3 Å². The summed E-state index contributed by atoms with van der Waals surface area (Å²) in [6.45, 7) is 4.39. The van der Waals surface area contributed by atoms with E-state index in [4.69, 9.17) is 5.11 Å². The number of carboxylic acids is 1. The van der Waals surface area contributed by atoms with Gasteiger partial charge >= 0.3 is 5.97 Å². The molecule has 0 spiro atoms. The lowest BCUT2D eigenvalue weighted by Crippen LogP contribution is -2.44. The zero-order valence-corrected chi connectivity index (χ0v) is 9.97. The second-order valence-electron chi connectivity index (χ2n) is 4.53. The number of aliphatic carboxylic acids is 1. The molecule has 0 radical (unpaired) electrons. The van der Waals surface area contributed by atoms with Crippen LogP contribution < -0.4 is 5.32 Å². The fourth-order valence-electron chi connectivity index (χ4n) is 1.92. The molecular formula is C13H16N2O2. The SMILES string of the molecule is CC(C)[C@@H](NC1=NCc2ccccc21)C(=O)O. The van der Waals surface area contributed by atoms with Crippen LogP contribution in [0.15, 0.2) is 29.3 Å². The lowest BCUT2D eigenvalue weighted by atomic mass is 10.0. The van der Waals surface area contributed by atoms with E-state index < -0.39 is 12.0 Å². The molecule has 1 aliphatic heterocycles. The van der Waals surface area contributed by atoms with Crippen LogP contribution in [-0.4, -0.2) is 23.0 Å². The molecule has 0 amide bonds. The Morgan fingerprint density at radius 1 is 1.41 bits per heavy atom. The molecule has 1 aliphatic rings. The fourth-order valence-corrected chi connectivity index (χ4v) is 1.92. The minimum absolute atomic E-state index is 0.0166. The largest absolute Gasteiger partial charge is 0.480 e. The predicted molar refractivity (Wildman–Crippen MR) is 66.1 cm³/mol. The first-order valence-electron chi connectivity index (χ1n) is 5.71. The number of aliphatic imine (C=N–C) groups is 1. The Kier molecular flexibility index (Phi) is 3.13. The van der Waals surface area contributed by atoms with Gasteiger partial charge in [-0.05, 0) is 11.5 Å². The van der Waals surface area contributed by atoms with Gasteiger partial charge in [0.15, 0.2) is 0 Å². The van der Waals surface area contributed by atoms with Crippen molar-refractivity contribution in [1.29, 1.82) is 0 Å². The molecule has 90 valence electrons. The maximum atomic E-state index is 11.1. The van der Waals surface area contributed by atoms with Crippen molar-refractivity contribution < 1.29 is 9.90 Å². The van der Waals surface area contributed by atoms with Gasteiger partial charge in [0.2, 0.25) is 0 Å². The summed E-state index contributed by atoms with van der Waals surface area (Å²) in [6, 6.07) is 7.28. The number of carbonyl (C=O) groups is 1. The molecule has 4 nitrogen and oxygen atoms in total. The summed E-state index contributed by atoms with van der Waals surface area (Å²) in [5, 5.41) is 12.2. The van der Waals surface area contributed by atoms with Crippen molar-refractivity contribution >= 4 is 11.8 Å². The number of nitrogens with zero attached hydrogens (tertiary/aromatic N) is 1. The van der Waals surface area contributed by atoms with Crippen LogP contribution in [0.2, 0.25) is 0 Å². The molecule has 0 saturated carbocycles. The van der Waals surface area contributed by atoms with Crippen LogP contribution in [0.4, 0.5) is 0 Å². The van der Waals surface area contributed by atoms with Gasteiger partial charge in [-0.2, -0.15) is 0 Å². The summed E-state index contributed by atoms with van der Waals surface area (Å²) in [5.74, 6) is -0.128. The predicted octanol–water partition coefficient (Wildman–Crippen LogP) is 1.65. The Balaban J connectivity index is 2.18. The molecule has 0 aromatic heterocycles. The van der Waals surface area contributed by atoms with E-state index in [1.807, 2.05) is 38.1 Å². The Hall–Kier alpha value is -1.84. The van der Waals surface area contributed by atoms with Crippen LogP contribution in [0.25, 0.3) is 0 Å². The average molecular weight is 232 g/mol. The minimum atomic E-state index is -0.841. The highest BCUT2D eigenvalue weighted by Crippen LogP contribution is 2.18. The third kappa shape index (κ3) is 2.30. The molecule has 1 aromatic rings. The second-order valence-corrected chi connectivity index (χ2v) is 4.53. The fraction of sp³-hybridized carbons (Fsp3) is 0.385. The normalized spacial score (nSPS) is 15.4. The van der Waals surface area contributed by atoms with Crippen molar-refractivity contribution in [2.24, 2.45) is 10.9 Å². The molecule has 1 aromatic carbocycles. The Morgan fingerprint density at radius 2 is 2.12 bits per heavy atom. The van der Waals surface area contributed by atoms with Gasteiger partial charge in [-0.3, -0.25) is 4.99 Å². The molecule has 17 heavy (non-hydrogen) atoms. The number of hydrogen-bond acceptors (Lipinski definition) is 3. The molecule has 2 N–H and O–H groups in total. The van der Waals surface area contributed by atoms with Crippen LogP contribution in [-0.2, 0) is 11.3 Å². The lowest BCUT2D eigenvalue weighted by molar-refractivity contribution is -0.140. The highest BCUT2D eigenvalue weighted by Gasteiger charge is 2.25. The summed E-state index contributed by atoms with van der Waals surface area (Å²) in [4.78, 5) is 15.5. The van der Waals surface area contributed by atoms with Crippen LogP contribution in [0, 0.1) is 5.92 Å². The maximum absolute atomic E-state index is 11.1. The second kappa shape index (κ2) is 4.57. The highest BCUT2D eigenvalue weighted by atomic mass is 16.4. The number of hydrogen-bond donors (Lipinski definition) is 2. The summed E-state index contributed by atoms with van der Waals surface area (Å²) in [7, 11) is 0. The van der Waals surface area contributed by atoms with Crippen LogP contribution in [0.3, 0.4) is 0 Å². The summed E-state index contributed by atoms with van der Waals surface area (Å²) in [5.41, 5.74) is 2.15. The Morgan fingerprint density at radius 3 is 2.76 bits per heavy atom. The molecule has 2 rings (SSSR count). The third-order valence-corrected chi connectivity index (χ3v) is 2.90.